The van der Waals surface area contributed by atoms with Gasteiger partial charge in [0.2, 0.25) is 0 Å². The first-order valence-corrected chi connectivity index (χ1v) is 20.6. The largest absolute Gasteiger partial charge is 1.00 e. The predicted molar refractivity (Wildman–Crippen MR) is 145 cm³/mol. The second kappa shape index (κ2) is 11.2. The Bertz CT molecular complexity index is 818. The summed E-state index contributed by atoms with van der Waals surface area (Å²) < 4.78 is 4.82. The number of ketones is 2. The van der Waals surface area contributed by atoms with Crippen molar-refractivity contribution in [3.8, 4) is 0 Å². The van der Waals surface area contributed by atoms with Gasteiger partial charge in [0.25, 0.3) is 0 Å². The minimum absolute atomic E-state index is 0. The van der Waals surface area contributed by atoms with E-state index >= 15 is 0 Å². The molecule has 36 heavy (non-hydrogen) atoms. The second-order valence-corrected chi connectivity index (χ2v) is 24.0. The Kier molecular flexibility index (Phi) is 10.2. The molecule has 0 aromatic carbocycles. The van der Waals surface area contributed by atoms with E-state index in [0.717, 1.165) is 38.5 Å². The van der Waals surface area contributed by atoms with Crippen LogP contribution in [0.25, 0.3) is 4.65 Å². The molecule has 0 amide bonds. The summed E-state index contributed by atoms with van der Waals surface area (Å²) in [4.78, 5) is 25.7. The molecule has 4 saturated carbocycles. The fraction of sp³-hybridized carbons (Fsp3) is 0.926. The first-order chi connectivity index (χ1) is 15.9. The van der Waals surface area contributed by atoms with Gasteiger partial charge in [-0.2, -0.15) is 0 Å². The van der Waals surface area contributed by atoms with Gasteiger partial charge in [-0.15, -0.1) is 0 Å². The van der Waals surface area contributed by atoms with Crippen LogP contribution in [-0.2, 0) is 9.59 Å². The first kappa shape index (κ1) is 32.8. The molecular weight excluding hydrogens is 497 g/mol. The Morgan fingerprint density at radius 1 is 1.00 bits per heavy atom. The molecule has 0 unspecified atom stereocenters. The van der Waals surface area contributed by atoms with Gasteiger partial charge in [-0.1, -0.05) is 69.6 Å². The van der Waals surface area contributed by atoms with Crippen LogP contribution in [0.15, 0.2) is 0 Å². The van der Waals surface area contributed by atoms with Crippen LogP contribution in [0.1, 0.15) is 65.2 Å². The number of hydrogen-bond acceptors (Lipinski definition) is 5. The smallest absolute Gasteiger partial charge is 0.668 e. The zero-order chi connectivity index (χ0) is 26.6. The van der Waals surface area contributed by atoms with E-state index in [1.165, 1.54) is 0 Å². The molecule has 0 radical (unpaired) electrons. The molecule has 4 fully saturated rings. The molecule has 0 bridgehead atoms. The standard InChI is InChI=1S/C21H32O5.C6H18NSi2.Na/c1-19-7-5-13(23)9-12(19)3-4-14-15-6-8-21(26,17(25)11-22)20(15,2)10-16(24)18(14)19;1-8(2,3)7-9(4,5)6;/h12-15,18,22-23,26H,3-11H2,1-2H3;1-6H3;/q;-1;+1/t12-,13-,14+,15+,18-,19+,20+,21+;;/m1../s1. The van der Waals surface area contributed by atoms with Gasteiger partial charge in [0.1, 0.15) is 18.0 Å². The van der Waals surface area contributed by atoms with Gasteiger partial charge in [0, 0.05) is 17.8 Å². The van der Waals surface area contributed by atoms with Crippen molar-refractivity contribution in [2.75, 3.05) is 6.61 Å². The third-order valence-electron chi connectivity index (χ3n) is 9.75. The molecule has 0 saturated heterocycles. The fourth-order valence-corrected chi connectivity index (χ4v) is 16.7. The van der Waals surface area contributed by atoms with E-state index in [1.54, 1.807) is 0 Å². The van der Waals surface area contributed by atoms with Crippen LogP contribution in [0.4, 0.5) is 0 Å². The number of Topliss-reactive ketones (excluding diaryl/α,β-unsaturated/α-hetero) is 2. The molecule has 9 heteroatoms. The quantitative estimate of drug-likeness (QED) is 0.466. The van der Waals surface area contributed by atoms with Crippen LogP contribution in [0, 0.1) is 34.5 Å². The van der Waals surface area contributed by atoms with Gasteiger partial charge in [-0.05, 0) is 68.1 Å². The molecule has 0 aromatic rings. The Balaban J connectivity index is 0.000000394. The van der Waals surface area contributed by atoms with E-state index < -0.39 is 39.9 Å². The van der Waals surface area contributed by atoms with E-state index in [-0.39, 0.29) is 71.0 Å². The van der Waals surface area contributed by atoms with Crippen LogP contribution in [0.3, 0.4) is 0 Å². The van der Waals surface area contributed by atoms with Crippen molar-refractivity contribution in [2.45, 2.75) is 116 Å². The number of carbonyl (C=O) groups is 2. The second-order valence-electron chi connectivity index (χ2n) is 14.5. The normalized spacial score (nSPS) is 42.2. The number of aliphatic hydroxyl groups excluding tert-OH is 2. The topological polar surface area (TPSA) is 109 Å². The molecule has 0 heterocycles. The molecule has 3 N–H and O–H groups in total. The fourth-order valence-electron chi connectivity index (χ4n) is 8.65. The van der Waals surface area contributed by atoms with Crippen LogP contribution in [-0.4, -0.2) is 61.7 Å². The van der Waals surface area contributed by atoms with Gasteiger partial charge in [-0.3, -0.25) is 9.59 Å². The Labute approximate surface area is 243 Å². The van der Waals surface area contributed by atoms with Gasteiger partial charge < -0.3 is 20.0 Å². The Morgan fingerprint density at radius 2 is 1.58 bits per heavy atom. The van der Waals surface area contributed by atoms with Crippen molar-refractivity contribution in [3.63, 3.8) is 0 Å². The summed E-state index contributed by atoms with van der Waals surface area (Å²) in [5, 5.41) is 30.6. The third kappa shape index (κ3) is 6.17. The van der Waals surface area contributed by atoms with E-state index in [9.17, 15) is 24.9 Å². The van der Waals surface area contributed by atoms with Gasteiger partial charge in [0.05, 0.1) is 6.10 Å². The van der Waals surface area contributed by atoms with Crippen LogP contribution in [0.2, 0.25) is 39.3 Å². The molecular formula is C27H50NNaO5Si2. The number of carbonyl (C=O) groups excluding carboxylic acids is 2. The van der Waals surface area contributed by atoms with Crippen molar-refractivity contribution >= 4 is 28.0 Å². The van der Waals surface area contributed by atoms with Gasteiger partial charge in [0.15, 0.2) is 5.78 Å². The number of nitrogens with zero attached hydrogens (tertiary/aromatic N) is 1. The van der Waals surface area contributed by atoms with Crippen molar-refractivity contribution in [3.05, 3.63) is 4.65 Å². The van der Waals surface area contributed by atoms with E-state index in [1.807, 2.05) is 6.92 Å². The first-order valence-electron chi connectivity index (χ1n) is 13.7. The average Bonchev–Trinajstić information content (AvgIpc) is 2.97. The summed E-state index contributed by atoms with van der Waals surface area (Å²) in [6.45, 7) is 17.2. The SMILES string of the molecule is C[C@]12CC[C@@H](O)C[C@H]1CC[C@@H]1[C@@H]2C(=O)C[C@@]2(C)[C@H]1CC[C@]2(O)C(=O)CO.C[Si](C)(C)[N-][Si](C)(C)C.[Na+]. The molecule has 4 rings (SSSR count). The zero-order valence-electron chi connectivity index (χ0n) is 24.4. The number of hydrogen-bond donors (Lipinski definition) is 3. The Morgan fingerprint density at radius 3 is 2.08 bits per heavy atom. The van der Waals surface area contributed by atoms with E-state index in [2.05, 4.69) is 46.2 Å². The summed E-state index contributed by atoms with van der Waals surface area (Å²) in [5.74, 6) is 0.380. The summed E-state index contributed by atoms with van der Waals surface area (Å²) in [5.41, 5.74) is -2.40. The summed E-state index contributed by atoms with van der Waals surface area (Å²) in [7, 11) is -2.21. The molecule has 202 valence electrons. The van der Waals surface area contributed by atoms with Gasteiger partial charge >= 0.3 is 29.6 Å². The maximum Gasteiger partial charge on any atom is 1.00 e. The predicted octanol–water partition coefficient (Wildman–Crippen LogP) is 1.90. The molecule has 0 spiro atoms. The van der Waals surface area contributed by atoms with Crippen molar-refractivity contribution in [1.82, 2.24) is 0 Å². The summed E-state index contributed by atoms with van der Waals surface area (Å²) in [6, 6.07) is 0. The number of fused-ring (bicyclic) bond motifs is 5. The summed E-state index contributed by atoms with van der Waals surface area (Å²) >= 11 is 0. The minimum Gasteiger partial charge on any atom is -0.668 e. The minimum atomic E-state index is -1.58. The molecule has 4 aliphatic carbocycles. The van der Waals surface area contributed by atoms with Crippen LogP contribution < -0.4 is 29.6 Å². The Hall–Kier alpha value is 0.614. The van der Waals surface area contributed by atoms with Crippen molar-refractivity contribution in [2.24, 2.45) is 34.5 Å². The maximum absolute atomic E-state index is 13.4. The molecule has 6 nitrogen and oxygen atoms in total. The van der Waals surface area contributed by atoms with Crippen LogP contribution in [0.5, 0.6) is 0 Å². The third-order valence-corrected chi connectivity index (χ3v) is 15.1. The molecule has 0 aromatic heterocycles. The van der Waals surface area contributed by atoms with Gasteiger partial charge in [-0.25, -0.2) is 0 Å². The van der Waals surface area contributed by atoms with Crippen molar-refractivity contribution in [1.29, 1.82) is 0 Å². The average molecular weight is 548 g/mol. The molecule has 8 atom stereocenters. The number of aliphatic hydroxyl groups is 3. The molecule has 4 aliphatic rings. The molecule has 0 aliphatic heterocycles. The summed E-state index contributed by atoms with van der Waals surface area (Å²) in [6.07, 6.45) is 5.47. The van der Waals surface area contributed by atoms with Crippen molar-refractivity contribution < 1.29 is 54.5 Å². The van der Waals surface area contributed by atoms with Crippen LogP contribution >= 0.6 is 0 Å². The number of rotatable bonds is 4. The van der Waals surface area contributed by atoms with E-state index in [0.29, 0.717) is 12.3 Å². The maximum atomic E-state index is 13.4. The zero-order valence-corrected chi connectivity index (χ0v) is 28.4. The monoisotopic (exact) mass is 547 g/mol. The van der Waals surface area contributed by atoms with E-state index in [4.69, 9.17) is 4.65 Å².